The molecule has 3 N–H and O–H groups in total. The lowest BCUT2D eigenvalue weighted by Crippen LogP contribution is -2.54. The zero-order chi connectivity index (χ0) is 27.7. The van der Waals surface area contributed by atoms with E-state index >= 15 is 0 Å². The standard InChI is InChI=1S/C28H37N7O4/c1-4-34-22(11-12-30-34)25(36)32-24(19-7-5-17(2)6-8-19)21-16-35-23(31-21)10-9-20(33-35)14-28(27(38)39)13-18(3)15-29-26(28)37/h9-12,16-19,24H,4-8,13-15H2,1-3H3,(H,29,37)(H,32,36)(H,38,39)/t17-,18?,19-,24-,28?/m0/s1. The molecule has 0 aromatic carbocycles. The van der Waals surface area contributed by atoms with Crippen LogP contribution >= 0.6 is 0 Å². The molecule has 0 spiro atoms. The SMILES string of the molecule is CCn1nccc1C(=O)N[C@H](c1cn2nc(CC3(C(=O)O)CC(C)CNC3=O)ccc2n1)[C@H]1CC[C@H](C)CC1. The number of aromatic nitrogens is 5. The van der Waals surface area contributed by atoms with Crippen LogP contribution in [0.4, 0.5) is 0 Å². The molecule has 0 radical (unpaired) electrons. The molecule has 2 aliphatic rings. The highest BCUT2D eigenvalue weighted by Gasteiger charge is 2.49. The fourth-order valence-corrected chi connectivity index (χ4v) is 6.15. The van der Waals surface area contributed by atoms with Crippen molar-refractivity contribution < 1.29 is 19.5 Å². The summed E-state index contributed by atoms with van der Waals surface area (Å²) >= 11 is 0. The molecule has 3 atom stereocenters. The van der Waals surface area contributed by atoms with Gasteiger partial charge in [0.15, 0.2) is 11.1 Å². The summed E-state index contributed by atoms with van der Waals surface area (Å²) in [6.45, 7) is 7.20. The molecule has 2 unspecified atom stereocenters. The Bertz CT molecular complexity index is 1370. The summed E-state index contributed by atoms with van der Waals surface area (Å²) in [5.41, 5.74) is 0.764. The van der Waals surface area contributed by atoms with Gasteiger partial charge in [-0.05, 0) is 62.1 Å². The molecule has 11 nitrogen and oxygen atoms in total. The molecule has 2 fully saturated rings. The second-order valence-corrected chi connectivity index (χ2v) is 11.4. The van der Waals surface area contributed by atoms with E-state index in [1.807, 2.05) is 20.0 Å². The van der Waals surface area contributed by atoms with Crippen LogP contribution in [-0.2, 0) is 22.6 Å². The van der Waals surface area contributed by atoms with E-state index in [2.05, 4.69) is 27.8 Å². The van der Waals surface area contributed by atoms with Gasteiger partial charge in [0.25, 0.3) is 5.91 Å². The van der Waals surface area contributed by atoms with Crippen molar-refractivity contribution in [2.45, 2.75) is 71.9 Å². The third-order valence-corrected chi connectivity index (χ3v) is 8.41. The summed E-state index contributed by atoms with van der Waals surface area (Å²) in [5, 5.41) is 24.9. The Morgan fingerprint density at radius 3 is 2.67 bits per heavy atom. The Morgan fingerprint density at radius 1 is 1.18 bits per heavy atom. The van der Waals surface area contributed by atoms with Crippen LogP contribution in [0.15, 0.2) is 30.6 Å². The zero-order valence-electron chi connectivity index (χ0n) is 22.8. The Morgan fingerprint density at radius 2 is 1.95 bits per heavy atom. The zero-order valence-corrected chi connectivity index (χ0v) is 22.8. The maximum atomic E-state index is 13.3. The fourth-order valence-electron chi connectivity index (χ4n) is 6.15. The van der Waals surface area contributed by atoms with E-state index in [9.17, 15) is 19.5 Å². The van der Waals surface area contributed by atoms with E-state index in [0.717, 1.165) is 25.7 Å². The van der Waals surface area contributed by atoms with Crippen LogP contribution in [0.5, 0.6) is 0 Å². The van der Waals surface area contributed by atoms with Gasteiger partial charge in [-0.15, -0.1) is 0 Å². The van der Waals surface area contributed by atoms with Gasteiger partial charge in [-0.2, -0.15) is 10.2 Å². The molecule has 2 amide bonds. The summed E-state index contributed by atoms with van der Waals surface area (Å²) in [6, 6.07) is 4.95. The number of nitrogens with zero attached hydrogens (tertiary/aromatic N) is 5. The van der Waals surface area contributed by atoms with Crippen LogP contribution in [-0.4, -0.2) is 53.8 Å². The number of carbonyl (C=O) groups excluding carboxylic acids is 2. The van der Waals surface area contributed by atoms with E-state index in [-0.39, 0.29) is 36.6 Å². The van der Waals surface area contributed by atoms with Crippen molar-refractivity contribution in [2.75, 3.05) is 6.54 Å². The van der Waals surface area contributed by atoms with Gasteiger partial charge in [-0.3, -0.25) is 19.1 Å². The molecule has 5 rings (SSSR count). The normalized spacial score (nSPS) is 26.2. The van der Waals surface area contributed by atoms with Crippen LogP contribution in [0.1, 0.15) is 80.8 Å². The number of carboxylic acid groups (broad SMARTS) is 1. The minimum absolute atomic E-state index is 0.0103. The molecule has 1 saturated carbocycles. The topological polar surface area (TPSA) is 144 Å². The van der Waals surface area contributed by atoms with Crippen molar-refractivity contribution in [1.82, 2.24) is 35.0 Å². The molecule has 1 aliphatic carbocycles. The third kappa shape index (κ3) is 5.26. The van der Waals surface area contributed by atoms with Crippen molar-refractivity contribution in [3.8, 4) is 0 Å². The highest BCUT2D eigenvalue weighted by molar-refractivity contribution is 6.02. The van der Waals surface area contributed by atoms with E-state index in [1.165, 1.54) is 0 Å². The lowest BCUT2D eigenvalue weighted by molar-refractivity contribution is -0.159. The summed E-state index contributed by atoms with van der Waals surface area (Å²) in [7, 11) is 0. The summed E-state index contributed by atoms with van der Waals surface area (Å²) in [4.78, 5) is 43.1. The number of aryl methyl sites for hydroxylation is 1. The smallest absolute Gasteiger partial charge is 0.319 e. The third-order valence-electron chi connectivity index (χ3n) is 8.41. The molecule has 3 aromatic rings. The Kier molecular flexibility index (Phi) is 7.42. The molecule has 0 bridgehead atoms. The number of amides is 2. The summed E-state index contributed by atoms with van der Waals surface area (Å²) in [5.74, 6) is -0.860. The van der Waals surface area contributed by atoms with Crippen LogP contribution in [0.3, 0.4) is 0 Å². The van der Waals surface area contributed by atoms with E-state index < -0.39 is 17.3 Å². The Labute approximate surface area is 227 Å². The van der Waals surface area contributed by atoms with E-state index in [0.29, 0.717) is 41.7 Å². The largest absolute Gasteiger partial charge is 0.480 e. The first-order valence-corrected chi connectivity index (χ1v) is 13.9. The number of rotatable bonds is 8. The molecule has 39 heavy (non-hydrogen) atoms. The quantitative estimate of drug-likeness (QED) is 0.376. The van der Waals surface area contributed by atoms with Gasteiger partial charge < -0.3 is 15.7 Å². The lowest BCUT2D eigenvalue weighted by Gasteiger charge is -2.35. The predicted octanol–water partition coefficient (Wildman–Crippen LogP) is 3.01. The van der Waals surface area contributed by atoms with Crippen molar-refractivity contribution >= 4 is 23.4 Å². The molecule has 1 aliphatic heterocycles. The molecule has 4 heterocycles. The van der Waals surface area contributed by atoms with Crippen LogP contribution in [0, 0.1) is 23.2 Å². The van der Waals surface area contributed by atoms with Crippen LogP contribution in [0.2, 0.25) is 0 Å². The second kappa shape index (κ2) is 10.8. The number of carbonyl (C=O) groups is 3. The number of nitrogens with one attached hydrogen (secondary N) is 2. The molecule has 11 heteroatoms. The number of carboxylic acids is 1. The highest BCUT2D eigenvalue weighted by atomic mass is 16.4. The molecular weight excluding hydrogens is 498 g/mol. The van der Waals surface area contributed by atoms with E-state index in [4.69, 9.17) is 4.98 Å². The molecule has 208 valence electrons. The lowest BCUT2D eigenvalue weighted by atomic mass is 9.73. The minimum atomic E-state index is -1.56. The van der Waals surface area contributed by atoms with Crippen molar-refractivity contribution in [2.24, 2.45) is 23.2 Å². The van der Waals surface area contributed by atoms with Gasteiger partial charge in [0, 0.05) is 25.7 Å². The first kappa shape index (κ1) is 26.8. The first-order valence-electron chi connectivity index (χ1n) is 13.9. The highest BCUT2D eigenvalue weighted by Crippen LogP contribution is 2.37. The van der Waals surface area contributed by atoms with Gasteiger partial charge in [0.1, 0.15) is 5.69 Å². The number of piperidine rings is 1. The maximum absolute atomic E-state index is 13.3. The van der Waals surface area contributed by atoms with E-state index in [1.54, 1.807) is 33.6 Å². The van der Waals surface area contributed by atoms with Gasteiger partial charge in [0.2, 0.25) is 5.91 Å². The Hall–Kier alpha value is -3.76. The Balaban J connectivity index is 1.45. The number of fused-ring (bicyclic) bond motifs is 1. The van der Waals surface area contributed by atoms with Crippen molar-refractivity contribution in [3.63, 3.8) is 0 Å². The summed E-state index contributed by atoms with van der Waals surface area (Å²) < 4.78 is 3.30. The average Bonchev–Trinajstić information content (AvgIpc) is 3.56. The second-order valence-electron chi connectivity index (χ2n) is 11.4. The minimum Gasteiger partial charge on any atom is -0.480 e. The van der Waals surface area contributed by atoms with Gasteiger partial charge in [-0.1, -0.05) is 26.7 Å². The van der Waals surface area contributed by atoms with Gasteiger partial charge in [0.05, 0.1) is 23.6 Å². The van der Waals surface area contributed by atoms with Gasteiger partial charge >= 0.3 is 5.97 Å². The molecular formula is C28H37N7O4. The average molecular weight is 536 g/mol. The van der Waals surface area contributed by atoms with Crippen LogP contribution < -0.4 is 10.6 Å². The first-order chi connectivity index (χ1) is 18.7. The molecule has 3 aromatic heterocycles. The number of aliphatic carboxylic acids is 1. The predicted molar refractivity (Wildman–Crippen MR) is 143 cm³/mol. The number of hydrogen-bond donors (Lipinski definition) is 3. The van der Waals surface area contributed by atoms with Crippen LogP contribution in [0.25, 0.3) is 5.65 Å². The number of imidazole rings is 1. The fraction of sp³-hybridized carbons (Fsp3) is 0.571. The molecule has 1 saturated heterocycles. The van der Waals surface area contributed by atoms with Gasteiger partial charge in [-0.25, -0.2) is 9.50 Å². The van der Waals surface area contributed by atoms with Crippen molar-refractivity contribution in [1.29, 1.82) is 0 Å². The maximum Gasteiger partial charge on any atom is 0.319 e. The van der Waals surface area contributed by atoms with Crippen molar-refractivity contribution in [3.05, 3.63) is 47.7 Å². The number of hydrogen-bond acceptors (Lipinski definition) is 6. The monoisotopic (exact) mass is 535 g/mol. The summed E-state index contributed by atoms with van der Waals surface area (Å²) in [6.07, 6.45) is 7.85.